The minimum atomic E-state index is -1.72. The number of H-pyrrole nitrogens is 1. The number of para-hydroxylation sites is 1. The highest BCUT2D eigenvalue weighted by molar-refractivity contribution is 5.96. The summed E-state index contributed by atoms with van der Waals surface area (Å²) in [4.78, 5) is 77.2. The monoisotopic (exact) mass is 530 g/mol. The van der Waals surface area contributed by atoms with Gasteiger partial charge >= 0.3 is 11.9 Å². The van der Waals surface area contributed by atoms with Gasteiger partial charge in [-0.05, 0) is 24.5 Å². The first kappa shape index (κ1) is 28.1. The molecule has 38 heavy (non-hydrogen) atoms. The molecule has 1 saturated heterocycles. The van der Waals surface area contributed by atoms with Gasteiger partial charge in [-0.15, -0.1) is 0 Å². The second-order valence-electron chi connectivity index (χ2n) is 9.09. The molecule has 2 aromatic rings. The van der Waals surface area contributed by atoms with Crippen LogP contribution in [0.1, 0.15) is 31.2 Å². The van der Waals surface area contributed by atoms with Crippen molar-refractivity contribution in [2.45, 2.75) is 56.3 Å². The Bertz CT molecular complexity index is 1240. The molecule has 14 heteroatoms. The lowest BCUT2D eigenvalue weighted by atomic mass is 10.0. The molecule has 0 aliphatic carbocycles. The van der Waals surface area contributed by atoms with Crippen molar-refractivity contribution in [1.82, 2.24) is 20.5 Å². The number of hydrogen-bond donors (Lipinski definition) is 7. The van der Waals surface area contributed by atoms with E-state index in [1.54, 1.807) is 18.3 Å². The topological polar surface area (TPSA) is 238 Å². The van der Waals surface area contributed by atoms with Crippen LogP contribution in [0, 0.1) is 0 Å². The Morgan fingerprint density at radius 2 is 1.76 bits per heavy atom. The molecule has 14 nitrogen and oxygen atoms in total. The molecule has 0 radical (unpaired) electrons. The normalized spacial score (nSPS) is 17.4. The molecule has 0 saturated carbocycles. The number of carboxylic acid groups (broad SMARTS) is 2. The molecule has 0 spiro atoms. The zero-order valence-corrected chi connectivity index (χ0v) is 20.4. The van der Waals surface area contributed by atoms with E-state index in [4.69, 9.17) is 16.6 Å². The van der Waals surface area contributed by atoms with E-state index in [9.17, 15) is 33.9 Å². The predicted octanol–water partition coefficient (Wildman–Crippen LogP) is -1.57. The van der Waals surface area contributed by atoms with Gasteiger partial charge in [0.05, 0.1) is 18.9 Å². The van der Waals surface area contributed by atoms with Crippen LogP contribution in [0.5, 0.6) is 0 Å². The van der Waals surface area contributed by atoms with E-state index in [1.165, 1.54) is 4.90 Å². The molecule has 204 valence electrons. The van der Waals surface area contributed by atoms with Crippen molar-refractivity contribution in [2.75, 3.05) is 6.54 Å². The highest BCUT2D eigenvalue weighted by Gasteiger charge is 2.38. The summed E-state index contributed by atoms with van der Waals surface area (Å²) in [5.74, 6) is -5.95. The molecule has 3 rings (SSSR count). The summed E-state index contributed by atoms with van der Waals surface area (Å²) in [7, 11) is 0. The van der Waals surface area contributed by atoms with Crippen LogP contribution in [0.4, 0.5) is 0 Å². The number of amides is 4. The third-order valence-electron chi connectivity index (χ3n) is 6.30. The molecule has 1 aliphatic heterocycles. The van der Waals surface area contributed by atoms with Crippen LogP contribution in [-0.2, 0) is 35.2 Å². The van der Waals surface area contributed by atoms with Gasteiger partial charge in [-0.3, -0.25) is 24.0 Å². The summed E-state index contributed by atoms with van der Waals surface area (Å²) in [6.45, 7) is 0.211. The number of nitrogens with two attached hydrogens (primary N) is 2. The van der Waals surface area contributed by atoms with Crippen LogP contribution >= 0.6 is 0 Å². The Kier molecular flexibility index (Phi) is 9.02. The highest BCUT2D eigenvalue weighted by Crippen LogP contribution is 2.21. The Balaban J connectivity index is 1.83. The van der Waals surface area contributed by atoms with E-state index in [0.717, 1.165) is 10.9 Å². The molecule has 1 aliphatic rings. The smallest absolute Gasteiger partial charge is 0.326 e. The van der Waals surface area contributed by atoms with Crippen LogP contribution in [0.2, 0.25) is 0 Å². The van der Waals surface area contributed by atoms with Crippen LogP contribution in [0.25, 0.3) is 10.9 Å². The molecular formula is C24H30N6O8. The second kappa shape index (κ2) is 12.2. The average molecular weight is 531 g/mol. The molecule has 0 bridgehead atoms. The molecule has 4 unspecified atom stereocenters. The lowest BCUT2D eigenvalue weighted by molar-refractivity contribution is -0.147. The summed E-state index contributed by atoms with van der Waals surface area (Å²) in [5.41, 5.74) is 12.3. The van der Waals surface area contributed by atoms with Crippen LogP contribution in [0.3, 0.4) is 0 Å². The molecule has 4 amide bonds. The molecule has 9 N–H and O–H groups in total. The van der Waals surface area contributed by atoms with Crippen molar-refractivity contribution < 1.29 is 39.0 Å². The van der Waals surface area contributed by atoms with Crippen molar-refractivity contribution in [3.8, 4) is 0 Å². The lowest BCUT2D eigenvalue weighted by Crippen LogP contribution is -2.57. The third kappa shape index (κ3) is 6.85. The number of rotatable bonds is 12. The van der Waals surface area contributed by atoms with Gasteiger partial charge in [0.25, 0.3) is 0 Å². The van der Waals surface area contributed by atoms with E-state index in [1.807, 2.05) is 12.1 Å². The Morgan fingerprint density at radius 1 is 1.05 bits per heavy atom. The van der Waals surface area contributed by atoms with E-state index < -0.39 is 72.6 Å². The number of hydrogen-bond acceptors (Lipinski definition) is 7. The Morgan fingerprint density at radius 3 is 2.42 bits per heavy atom. The number of carbonyl (C=O) groups excluding carboxylic acids is 4. The van der Waals surface area contributed by atoms with Gasteiger partial charge in [-0.25, -0.2) is 4.79 Å². The van der Waals surface area contributed by atoms with Gasteiger partial charge in [0.2, 0.25) is 23.6 Å². The number of primary amides is 1. The number of nitrogens with one attached hydrogen (secondary N) is 3. The van der Waals surface area contributed by atoms with Crippen LogP contribution in [-0.4, -0.2) is 86.4 Å². The average Bonchev–Trinajstić information content (AvgIpc) is 3.49. The lowest BCUT2D eigenvalue weighted by Gasteiger charge is -2.28. The highest BCUT2D eigenvalue weighted by atomic mass is 16.4. The van der Waals surface area contributed by atoms with Gasteiger partial charge in [0.1, 0.15) is 18.1 Å². The summed E-state index contributed by atoms with van der Waals surface area (Å²) in [6, 6.07) is 2.00. The molecule has 1 aromatic heterocycles. The van der Waals surface area contributed by atoms with Gasteiger partial charge in [-0.2, -0.15) is 0 Å². The van der Waals surface area contributed by atoms with E-state index in [-0.39, 0.29) is 19.4 Å². The number of aliphatic carboxylic acids is 2. The quantitative estimate of drug-likeness (QED) is 0.167. The van der Waals surface area contributed by atoms with Crippen molar-refractivity contribution in [3.05, 3.63) is 36.0 Å². The third-order valence-corrected chi connectivity index (χ3v) is 6.30. The van der Waals surface area contributed by atoms with Crippen LogP contribution in [0.15, 0.2) is 30.5 Å². The fourth-order valence-corrected chi connectivity index (χ4v) is 4.46. The van der Waals surface area contributed by atoms with E-state index in [2.05, 4.69) is 15.6 Å². The van der Waals surface area contributed by atoms with Crippen molar-refractivity contribution >= 4 is 46.5 Å². The van der Waals surface area contributed by atoms with Crippen molar-refractivity contribution in [2.24, 2.45) is 11.5 Å². The molecule has 1 aromatic carbocycles. The maximum atomic E-state index is 13.3. The summed E-state index contributed by atoms with van der Waals surface area (Å²) in [5, 5.41) is 23.9. The number of likely N-dealkylation sites (tertiary alicyclic amines) is 1. The minimum absolute atomic E-state index is 0.0527. The SMILES string of the molecule is NC(=O)CC(N)C(=O)N1CCCC1C(=O)NC(Cc1c[nH]c2ccccc12)C(=O)NC(CC(=O)O)C(=O)O. The predicted molar refractivity (Wildman–Crippen MR) is 132 cm³/mol. The zero-order chi connectivity index (χ0) is 28.0. The number of fused-ring (bicyclic) bond motifs is 1. The van der Waals surface area contributed by atoms with E-state index >= 15 is 0 Å². The minimum Gasteiger partial charge on any atom is -0.481 e. The summed E-state index contributed by atoms with van der Waals surface area (Å²) >= 11 is 0. The maximum absolute atomic E-state index is 13.3. The van der Waals surface area contributed by atoms with Gasteiger partial charge in [0, 0.05) is 30.1 Å². The van der Waals surface area contributed by atoms with Crippen LogP contribution < -0.4 is 22.1 Å². The summed E-state index contributed by atoms with van der Waals surface area (Å²) < 4.78 is 0. The maximum Gasteiger partial charge on any atom is 0.326 e. The van der Waals surface area contributed by atoms with Gasteiger partial charge in [-0.1, -0.05) is 18.2 Å². The first-order valence-corrected chi connectivity index (χ1v) is 11.9. The van der Waals surface area contributed by atoms with Gasteiger partial charge < -0.3 is 42.2 Å². The molecule has 2 heterocycles. The van der Waals surface area contributed by atoms with E-state index in [0.29, 0.717) is 12.0 Å². The Hall–Kier alpha value is -4.46. The van der Waals surface area contributed by atoms with Crippen molar-refractivity contribution in [3.63, 3.8) is 0 Å². The summed E-state index contributed by atoms with van der Waals surface area (Å²) in [6.07, 6.45) is 1.10. The number of benzene rings is 1. The Labute approximate surface area is 216 Å². The first-order valence-electron chi connectivity index (χ1n) is 11.9. The standard InChI is InChI=1S/C24H30N6O8/c25-14(9-19(26)31)23(36)30-7-3-6-18(30)22(35)28-16(21(34)29-17(24(37)38)10-20(32)33)8-12-11-27-15-5-2-1-4-13(12)15/h1-2,4-5,11,14,16-18,27H,3,6-10,25H2,(H2,26,31)(H,28,35)(H,29,34)(H,32,33)(H,37,38). The number of carboxylic acids is 2. The fraction of sp³-hybridized carbons (Fsp3) is 0.417. The molecular weight excluding hydrogens is 500 g/mol. The number of carbonyl (C=O) groups is 6. The van der Waals surface area contributed by atoms with Crippen molar-refractivity contribution in [1.29, 1.82) is 0 Å². The zero-order valence-electron chi connectivity index (χ0n) is 20.4. The largest absolute Gasteiger partial charge is 0.481 e. The molecule has 4 atom stereocenters. The number of nitrogens with zero attached hydrogens (tertiary/aromatic N) is 1. The first-order chi connectivity index (χ1) is 18.0. The second-order valence-corrected chi connectivity index (χ2v) is 9.09. The number of aromatic amines is 1. The van der Waals surface area contributed by atoms with Gasteiger partial charge in [0.15, 0.2) is 0 Å². The fourth-order valence-electron chi connectivity index (χ4n) is 4.46. The number of aromatic nitrogens is 1. The molecule has 1 fully saturated rings.